The Hall–Kier alpha value is -2.69. The van der Waals surface area contributed by atoms with E-state index in [1.54, 1.807) is 28.4 Å². The summed E-state index contributed by atoms with van der Waals surface area (Å²) in [7, 11) is 6.52. The molecule has 1 aliphatic rings. The van der Waals surface area contributed by atoms with Crippen molar-refractivity contribution in [1.82, 2.24) is 10.6 Å². The number of aliphatic imine (C=N–C) groups is 1. The fourth-order valence-corrected chi connectivity index (χ4v) is 3.55. The number of hydrogen-bond acceptors (Lipinski definition) is 5. The molecule has 2 aromatic rings. The lowest BCUT2D eigenvalue weighted by atomic mass is 9.90. The van der Waals surface area contributed by atoms with E-state index in [-0.39, 0.29) is 35.8 Å². The van der Waals surface area contributed by atoms with Gasteiger partial charge in [-0.3, -0.25) is 9.79 Å². The van der Waals surface area contributed by atoms with Crippen molar-refractivity contribution in [1.29, 1.82) is 0 Å². The van der Waals surface area contributed by atoms with Crippen molar-refractivity contribution < 1.29 is 19.0 Å². The van der Waals surface area contributed by atoms with Crippen LogP contribution in [-0.2, 0) is 11.3 Å². The summed E-state index contributed by atoms with van der Waals surface area (Å²) in [6.45, 7) is 1.03. The van der Waals surface area contributed by atoms with Gasteiger partial charge in [0.05, 0.1) is 33.4 Å². The topological polar surface area (TPSA) is 93.2 Å². The maximum Gasteiger partial charge on any atom is 0.225 e. The fraction of sp³-hybridized carbons (Fsp3) is 0.364. The van der Waals surface area contributed by atoms with Crippen LogP contribution in [0.4, 0.5) is 5.69 Å². The average molecular weight is 540 g/mol. The molecule has 3 N–H and O–H groups in total. The molecule has 0 spiro atoms. The highest BCUT2D eigenvalue weighted by Crippen LogP contribution is 2.34. The molecule has 3 rings (SSSR count). The molecule has 0 bridgehead atoms. The quantitative estimate of drug-likeness (QED) is 0.284. The van der Waals surface area contributed by atoms with Crippen molar-refractivity contribution in [3.8, 4) is 17.2 Å². The van der Waals surface area contributed by atoms with Gasteiger partial charge < -0.3 is 30.2 Å². The smallest absolute Gasteiger partial charge is 0.225 e. The highest BCUT2D eigenvalue weighted by molar-refractivity contribution is 14.0. The molecular formula is C22H29IN4O4. The number of halogens is 1. The Morgan fingerprint density at radius 3 is 2.39 bits per heavy atom. The first kappa shape index (κ1) is 24.6. The molecule has 1 amide bonds. The maximum absolute atomic E-state index is 12.0. The third-order valence-corrected chi connectivity index (χ3v) is 5.10. The largest absolute Gasteiger partial charge is 0.496 e. The first-order chi connectivity index (χ1) is 14.6. The Kier molecular flexibility index (Phi) is 9.22. The molecule has 31 heavy (non-hydrogen) atoms. The minimum atomic E-state index is 0. The second-order valence-electron chi connectivity index (χ2n) is 6.85. The van der Waals surface area contributed by atoms with E-state index in [0.29, 0.717) is 42.7 Å². The minimum Gasteiger partial charge on any atom is -0.496 e. The lowest BCUT2D eigenvalue weighted by molar-refractivity contribution is -0.116. The van der Waals surface area contributed by atoms with Crippen LogP contribution >= 0.6 is 24.0 Å². The second kappa shape index (κ2) is 11.6. The monoisotopic (exact) mass is 540 g/mol. The molecule has 1 aliphatic heterocycles. The van der Waals surface area contributed by atoms with Gasteiger partial charge in [-0.25, -0.2) is 0 Å². The number of para-hydroxylation sites is 1. The number of benzene rings is 2. The van der Waals surface area contributed by atoms with Crippen molar-refractivity contribution in [3.05, 3.63) is 47.5 Å². The van der Waals surface area contributed by atoms with Gasteiger partial charge in [-0.2, -0.15) is 0 Å². The molecule has 1 atom stereocenters. The molecule has 1 heterocycles. The molecule has 0 aliphatic carbocycles. The van der Waals surface area contributed by atoms with Crippen LogP contribution in [0.15, 0.2) is 41.4 Å². The number of fused-ring (bicyclic) bond motifs is 1. The predicted octanol–water partition coefficient (Wildman–Crippen LogP) is 3.12. The molecular weight excluding hydrogens is 511 g/mol. The number of rotatable bonds is 7. The number of carbonyl (C=O) groups excluding carboxylic acids is 1. The van der Waals surface area contributed by atoms with E-state index in [0.717, 1.165) is 16.8 Å². The molecule has 2 aromatic carbocycles. The Labute approximate surface area is 199 Å². The lowest BCUT2D eigenvalue weighted by Crippen LogP contribution is -2.40. The summed E-state index contributed by atoms with van der Waals surface area (Å²) in [5.41, 5.74) is 2.85. The summed E-state index contributed by atoms with van der Waals surface area (Å²) in [5, 5.41) is 9.53. The number of guanidine groups is 1. The van der Waals surface area contributed by atoms with Crippen LogP contribution in [0.3, 0.4) is 0 Å². The first-order valence-electron chi connectivity index (χ1n) is 9.71. The number of nitrogens with zero attached hydrogens (tertiary/aromatic N) is 1. The van der Waals surface area contributed by atoms with Crippen LogP contribution in [0.1, 0.15) is 23.5 Å². The van der Waals surface area contributed by atoms with Crippen molar-refractivity contribution in [3.63, 3.8) is 0 Å². The second-order valence-corrected chi connectivity index (χ2v) is 6.85. The summed E-state index contributed by atoms with van der Waals surface area (Å²) < 4.78 is 16.3. The highest BCUT2D eigenvalue weighted by Gasteiger charge is 2.24. The first-order valence-corrected chi connectivity index (χ1v) is 9.71. The van der Waals surface area contributed by atoms with Gasteiger partial charge in [0.15, 0.2) is 5.96 Å². The number of nitrogens with one attached hydrogen (secondary N) is 3. The van der Waals surface area contributed by atoms with Gasteiger partial charge in [0.2, 0.25) is 5.91 Å². The Bertz CT molecular complexity index is 910. The summed E-state index contributed by atoms with van der Waals surface area (Å²) in [6, 6.07) is 11.5. The molecule has 168 valence electrons. The van der Waals surface area contributed by atoms with E-state index in [9.17, 15) is 4.79 Å². The third-order valence-electron chi connectivity index (χ3n) is 5.10. The zero-order chi connectivity index (χ0) is 21.5. The lowest BCUT2D eigenvalue weighted by Gasteiger charge is -2.26. The number of amides is 1. The van der Waals surface area contributed by atoms with Gasteiger partial charge in [-0.15, -0.1) is 24.0 Å². The van der Waals surface area contributed by atoms with Gasteiger partial charge in [-0.1, -0.05) is 18.2 Å². The van der Waals surface area contributed by atoms with Crippen LogP contribution in [0.25, 0.3) is 0 Å². The molecule has 0 radical (unpaired) electrons. The minimum absolute atomic E-state index is 0. The van der Waals surface area contributed by atoms with Gasteiger partial charge in [0.25, 0.3) is 0 Å². The van der Waals surface area contributed by atoms with E-state index in [1.807, 2.05) is 36.4 Å². The fourth-order valence-electron chi connectivity index (χ4n) is 3.55. The molecule has 9 heteroatoms. The Morgan fingerprint density at radius 1 is 1.10 bits per heavy atom. The molecule has 0 saturated heterocycles. The normalized spacial score (nSPS) is 15.2. The van der Waals surface area contributed by atoms with Crippen LogP contribution in [0.5, 0.6) is 17.2 Å². The van der Waals surface area contributed by atoms with Crippen molar-refractivity contribution in [2.75, 3.05) is 40.2 Å². The number of anilines is 1. The van der Waals surface area contributed by atoms with Crippen LogP contribution in [0, 0.1) is 0 Å². The van der Waals surface area contributed by atoms with E-state index in [2.05, 4.69) is 20.9 Å². The number of carbonyl (C=O) groups is 1. The molecule has 1 unspecified atom stereocenters. The van der Waals surface area contributed by atoms with Gasteiger partial charge in [0, 0.05) is 43.8 Å². The number of hydrogen-bond donors (Lipinski definition) is 3. The summed E-state index contributed by atoms with van der Waals surface area (Å²) >= 11 is 0. The third kappa shape index (κ3) is 5.93. The maximum atomic E-state index is 12.0. The van der Waals surface area contributed by atoms with E-state index in [1.165, 1.54) is 0 Å². The summed E-state index contributed by atoms with van der Waals surface area (Å²) in [4.78, 5) is 16.3. The standard InChI is InChI=1S/C22H28N4O4.HI/c1-23-22(24-12-14-9-21(27)26-18-8-6-5-7-16(14)18)25-13-17-19(29-3)10-15(28-2)11-20(17)30-4;/h5-8,10-11,14H,9,12-13H2,1-4H3,(H,26,27)(H2,23,24,25);1H. The van der Waals surface area contributed by atoms with E-state index in [4.69, 9.17) is 14.2 Å². The Balaban J connectivity index is 0.00000341. The van der Waals surface area contributed by atoms with Crippen LogP contribution < -0.4 is 30.2 Å². The highest BCUT2D eigenvalue weighted by atomic mass is 127. The van der Waals surface area contributed by atoms with E-state index < -0.39 is 0 Å². The van der Waals surface area contributed by atoms with Gasteiger partial charge in [0.1, 0.15) is 17.2 Å². The Morgan fingerprint density at radius 2 is 1.77 bits per heavy atom. The van der Waals surface area contributed by atoms with Crippen molar-refractivity contribution >= 4 is 41.5 Å². The van der Waals surface area contributed by atoms with Crippen LogP contribution in [0.2, 0.25) is 0 Å². The van der Waals surface area contributed by atoms with Crippen LogP contribution in [-0.4, -0.2) is 46.8 Å². The number of ether oxygens (including phenoxy) is 3. The summed E-state index contributed by atoms with van der Waals surface area (Å²) in [5.74, 6) is 2.69. The van der Waals surface area contributed by atoms with Crippen molar-refractivity contribution in [2.45, 2.75) is 18.9 Å². The summed E-state index contributed by atoms with van der Waals surface area (Å²) in [6.07, 6.45) is 0.432. The molecule has 0 fully saturated rings. The zero-order valence-corrected chi connectivity index (χ0v) is 20.5. The number of methoxy groups -OCH3 is 3. The molecule has 0 aromatic heterocycles. The average Bonchev–Trinajstić information content (AvgIpc) is 2.78. The van der Waals surface area contributed by atoms with E-state index >= 15 is 0 Å². The van der Waals surface area contributed by atoms with Crippen molar-refractivity contribution in [2.24, 2.45) is 4.99 Å². The predicted molar refractivity (Wildman–Crippen MR) is 132 cm³/mol. The SMILES string of the molecule is CN=C(NCc1c(OC)cc(OC)cc1OC)NCC1CC(=O)Nc2ccccc21.I. The zero-order valence-electron chi connectivity index (χ0n) is 18.2. The molecule has 8 nitrogen and oxygen atoms in total. The van der Waals surface area contributed by atoms with Gasteiger partial charge >= 0.3 is 0 Å². The van der Waals surface area contributed by atoms with Gasteiger partial charge in [-0.05, 0) is 11.6 Å². The molecule has 0 saturated carbocycles.